The first-order chi connectivity index (χ1) is 7.86. The predicted octanol–water partition coefficient (Wildman–Crippen LogP) is 0.0385. The Labute approximate surface area is 99.8 Å². The summed E-state index contributed by atoms with van der Waals surface area (Å²) in [5.74, 6) is -1.16. The van der Waals surface area contributed by atoms with Crippen LogP contribution in [-0.4, -0.2) is 60.7 Å². The van der Waals surface area contributed by atoms with Crippen molar-refractivity contribution in [2.24, 2.45) is 0 Å². The summed E-state index contributed by atoms with van der Waals surface area (Å²) < 4.78 is 0. The van der Waals surface area contributed by atoms with Crippen LogP contribution in [0.4, 0.5) is 4.79 Å². The van der Waals surface area contributed by atoms with Crippen LogP contribution in [0.15, 0.2) is 23.9 Å². The van der Waals surface area contributed by atoms with Gasteiger partial charge >= 0.3 is 6.03 Å². The Bertz CT molecular complexity index is 398. The van der Waals surface area contributed by atoms with Gasteiger partial charge in [0.2, 0.25) is 0 Å². The lowest BCUT2D eigenvalue weighted by Crippen LogP contribution is -2.52. The third-order valence-electron chi connectivity index (χ3n) is 2.29. The number of nitrogens with zero attached hydrogens (tertiary/aromatic N) is 3. The minimum absolute atomic E-state index is 0.0206. The number of hydrogen-bond donors (Lipinski definition) is 0. The topological polar surface area (TPSA) is 60.9 Å². The van der Waals surface area contributed by atoms with Crippen LogP contribution in [0.1, 0.15) is 0 Å². The van der Waals surface area contributed by atoms with Gasteiger partial charge in [0.15, 0.2) is 0 Å². The average molecular weight is 237 g/mol. The summed E-state index contributed by atoms with van der Waals surface area (Å²) in [7, 11) is 6.33. The van der Waals surface area contributed by atoms with Crippen LogP contribution in [0.3, 0.4) is 0 Å². The Morgan fingerprint density at radius 2 is 1.47 bits per heavy atom. The van der Waals surface area contributed by atoms with Gasteiger partial charge in [-0.15, -0.1) is 0 Å². The van der Waals surface area contributed by atoms with Gasteiger partial charge in [0.25, 0.3) is 11.8 Å². The van der Waals surface area contributed by atoms with Crippen LogP contribution >= 0.6 is 0 Å². The fraction of sp³-hybridized carbons (Fsp3) is 0.364. The third kappa shape index (κ3) is 2.52. The fourth-order valence-electron chi connectivity index (χ4n) is 1.31. The standard InChI is InChI=1S/C11H15N3O3/c1-12(2)7-5-6-8-9(15)13(3)11(17)14(4)10(8)16/h5-7H,1-4H3/b7-5-. The van der Waals surface area contributed by atoms with Gasteiger partial charge < -0.3 is 4.90 Å². The second kappa shape index (κ2) is 4.82. The van der Waals surface area contributed by atoms with Crippen LogP contribution in [0.25, 0.3) is 0 Å². The minimum Gasteiger partial charge on any atom is -0.383 e. The molecule has 6 nitrogen and oxygen atoms in total. The van der Waals surface area contributed by atoms with E-state index in [2.05, 4.69) is 0 Å². The number of rotatable bonds is 2. The second-order valence-corrected chi connectivity index (χ2v) is 3.90. The Morgan fingerprint density at radius 3 is 1.88 bits per heavy atom. The molecule has 0 aromatic carbocycles. The highest BCUT2D eigenvalue weighted by atomic mass is 16.2. The highest BCUT2D eigenvalue weighted by molar-refractivity contribution is 6.28. The number of carbonyl (C=O) groups excluding carboxylic acids is 3. The highest BCUT2D eigenvalue weighted by Gasteiger charge is 2.37. The fourth-order valence-corrected chi connectivity index (χ4v) is 1.31. The maximum absolute atomic E-state index is 11.7. The lowest BCUT2D eigenvalue weighted by atomic mass is 10.1. The van der Waals surface area contributed by atoms with Crippen molar-refractivity contribution in [3.63, 3.8) is 0 Å². The molecule has 0 bridgehead atoms. The molecule has 0 atom stereocenters. The van der Waals surface area contributed by atoms with Crippen molar-refractivity contribution >= 4 is 17.8 Å². The molecule has 4 amide bonds. The van der Waals surface area contributed by atoms with Crippen molar-refractivity contribution < 1.29 is 14.4 Å². The van der Waals surface area contributed by atoms with Gasteiger partial charge in [0.1, 0.15) is 5.57 Å². The van der Waals surface area contributed by atoms with Crippen molar-refractivity contribution in [2.45, 2.75) is 0 Å². The van der Waals surface area contributed by atoms with Gasteiger partial charge in [-0.05, 0) is 18.4 Å². The lowest BCUT2D eigenvalue weighted by Gasteiger charge is -2.28. The molecule has 1 aliphatic rings. The number of hydrogen-bond acceptors (Lipinski definition) is 4. The number of amides is 4. The summed E-state index contributed by atoms with van der Waals surface area (Å²) in [6.45, 7) is 0. The molecule has 0 unspecified atom stereocenters. The molecule has 1 heterocycles. The van der Waals surface area contributed by atoms with E-state index in [4.69, 9.17) is 0 Å². The number of carbonyl (C=O) groups is 3. The molecule has 0 radical (unpaired) electrons. The van der Waals surface area contributed by atoms with Crippen LogP contribution in [-0.2, 0) is 9.59 Å². The first kappa shape index (κ1) is 13.0. The second-order valence-electron chi connectivity index (χ2n) is 3.90. The predicted molar refractivity (Wildman–Crippen MR) is 61.8 cm³/mol. The average Bonchev–Trinajstić information content (AvgIpc) is 2.28. The molecule has 1 fully saturated rings. The zero-order valence-corrected chi connectivity index (χ0v) is 10.3. The zero-order valence-electron chi connectivity index (χ0n) is 10.3. The molecule has 0 aromatic heterocycles. The van der Waals surface area contributed by atoms with Gasteiger partial charge in [-0.25, -0.2) is 4.79 Å². The smallest absolute Gasteiger partial charge is 0.333 e. The number of likely N-dealkylation sites (N-methyl/N-ethyl adjacent to an activating group) is 2. The van der Waals surface area contributed by atoms with Crippen LogP contribution in [0.5, 0.6) is 0 Å². The van der Waals surface area contributed by atoms with E-state index in [-0.39, 0.29) is 5.57 Å². The van der Waals surface area contributed by atoms with E-state index in [0.717, 1.165) is 9.80 Å². The van der Waals surface area contributed by atoms with E-state index in [9.17, 15) is 14.4 Å². The largest absolute Gasteiger partial charge is 0.383 e. The van der Waals surface area contributed by atoms with Gasteiger partial charge in [0, 0.05) is 28.2 Å². The van der Waals surface area contributed by atoms with Crippen molar-refractivity contribution in [2.75, 3.05) is 28.2 Å². The van der Waals surface area contributed by atoms with E-state index in [1.54, 1.807) is 17.2 Å². The Balaban J connectivity index is 3.02. The summed E-state index contributed by atoms with van der Waals surface area (Å²) in [6, 6.07) is -0.617. The summed E-state index contributed by atoms with van der Waals surface area (Å²) in [6.07, 6.45) is 4.69. The van der Waals surface area contributed by atoms with Gasteiger partial charge in [-0.3, -0.25) is 19.4 Å². The maximum Gasteiger partial charge on any atom is 0.333 e. The van der Waals surface area contributed by atoms with Crippen molar-refractivity contribution in [3.8, 4) is 0 Å². The molecule has 17 heavy (non-hydrogen) atoms. The number of imide groups is 2. The first-order valence-electron chi connectivity index (χ1n) is 5.01. The Hall–Kier alpha value is -2.11. The minimum atomic E-state index is -0.617. The van der Waals surface area contributed by atoms with Crippen molar-refractivity contribution in [1.82, 2.24) is 14.7 Å². The number of allylic oxidation sites excluding steroid dienone is 2. The van der Waals surface area contributed by atoms with E-state index >= 15 is 0 Å². The molecule has 0 spiro atoms. The molecule has 0 saturated carbocycles. The number of barbiturate groups is 1. The van der Waals surface area contributed by atoms with Crippen molar-refractivity contribution in [3.05, 3.63) is 23.9 Å². The molecule has 1 aliphatic heterocycles. The first-order valence-corrected chi connectivity index (χ1v) is 5.01. The third-order valence-corrected chi connectivity index (χ3v) is 2.29. The van der Waals surface area contributed by atoms with Gasteiger partial charge in [-0.2, -0.15) is 0 Å². The lowest BCUT2D eigenvalue weighted by molar-refractivity contribution is -0.134. The monoisotopic (exact) mass is 237 g/mol. The van der Waals surface area contributed by atoms with Gasteiger partial charge in [-0.1, -0.05) is 0 Å². The molecule has 92 valence electrons. The Morgan fingerprint density at radius 1 is 1.00 bits per heavy atom. The molecule has 0 N–H and O–H groups in total. The molecule has 1 rings (SSSR count). The molecule has 0 aliphatic carbocycles. The zero-order chi connectivity index (χ0) is 13.2. The summed E-state index contributed by atoms with van der Waals surface area (Å²) in [5, 5.41) is 0. The normalized spacial score (nSPS) is 17.2. The van der Waals surface area contributed by atoms with Crippen LogP contribution in [0, 0.1) is 0 Å². The maximum atomic E-state index is 11.7. The van der Waals surface area contributed by atoms with Crippen molar-refractivity contribution in [1.29, 1.82) is 0 Å². The van der Waals surface area contributed by atoms with Crippen LogP contribution in [0.2, 0.25) is 0 Å². The molecule has 0 aromatic rings. The Kier molecular flexibility index (Phi) is 3.67. The molecule has 6 heteroatoms. The summed E-state index contributed by atoms with van der Waals surface area (Å²) >= 11 is 0. The SMILES string of the molecule is CN(C)/C=C\C=C1C(=O)N(C)C(=O)N(C)C1=O. The van der Waals surface area contributed by atoms with E-state index < -0.39 is 17.8 Å². The van der Waals surface area contributed by atoms with E-state index in [1.165, 1.54) is 20.2 Å². The summed E-state index contributed by atoms with van der Waals surface area (Å²) in [5.41, 5.74) is -0.0206. The molecule has 1 saturated heterocycles. The number of urea groups is 1. The molecular weight excluding hydrogens is 222 g/mol. The van der Waals surface area contributed by atoms with E-state index in [0.29, 0.717) is 0 Å². The quantitative estimate of drug-likeness (QED) is 0.502. The molecular formula is C11H15N3O3. The van der Waals surface area contributed by atoms with Gasteiger partial charge in [0.05, 0.1) is 0 Å². The highest BCUT2D eigenvalue weighted by Crippen LogP contribution is 2.14. The van der Waals surface area contributed by atoms with E-state index in [1.807, 2.05) is 14.1 Å². The summed E-state index contributed by atoms with van der Waals surface area (Å²) in [4.78, 5) is 38.4. The van der Waals surface area contributed by atoms with Crippen LogP contribution < -0.4 is 0 Å².